The number of carbonyl (C=O) groups excluding carboxylic acids is 1. The highest BCUT2D eigenvalue weighted by Gasteiger charge is 2.36. The maximum Gasteiger partial charge on any atom is 0.229 e. The van der Waals surface area contributed by atoms with Crippen LogP contribution in [0.5, 0.6) is 0 Å². The summed E-state index contributed by atoms with van der Waals surface area (Å²) in [4.78, 5) is 25.2. The molecule has 2 fully saturated rings. The molecule has 0 saturated carbocycles. The molecule has 0 bridgehead atoms. The molecule has 0 aliphatic carbocycles. The Kier molecular flexibility index (Phi) is 3.85. The summed E-state index contributed by atoms with van der Waals surface area (Å²) < 4.78 is 0. The van der Waals surface area contributed by atoms with Crippen molar-refractivity contribution in [3.8, 4) is 0 Å². The molecule has 2 saturated heterocycles. The van der Waals surface area contributed by atoms with Gasteiger partial charge in [0.25, 0.3) is 0 Å². The van der Waals surface area contributed by atoms with E-state index in [-0.39, 0.29) is 5.92 Å². The number of anilines is 1. The normalized spacial score (nSPS) is 19.9. The molecule has 0 aromatic carbocycles. The molecule has 3 heterocycles. The van der Waals surface area contributed by atoms with E-state index in [4.69, 9.17) is 0 Å². The van der Waals surface area contributed by atoms with Crippen LogP contribution in [-0.2, 0) is 11.2 Å². The standard InChI is InChI=1S/C15H22N4O/c1-2-12-8-16-15(17-9-12)19-10-13(11-19)14(20)18-6-4-3-5-7-18/h8-9,13H,2-7,10-11H2,1H3. The summed E-state index contributed by atoms with van der Waals surface area (Å²) in [5, 5.41) is 0. The van der Waals surface area contributed by atoms with Crippen molar-refractivity contribution in [1.82, 2.24) is 14.9 Å². The van der Waals surface area contributed by atoms with E-state index < -0.39 is 0 Å². The molecule has 20 heavy (non-hydrogen) atoms. The van der Waals surface area contributed by atoms with Crippen LogP contribution >= 0.6 is 0 Å². The Balaban J connectivity index is 1.53. The van der Waals surface area contributed by atoms with Gasteiger partial charge in [0.15, 0.2) is 0 Å². The van der Waals surface area contributed by atoms with Crippen LogP contribution < -0.4 is 4.90 Å². The molecular weight excluding hydrogens is 252 g/mol. The van der Waals surface area contributed by atoms with Gasteiger partial charge in [0.2, 0.25) is 11.9 Å². The first-order valence-electron chi connectivity index (χ1n) is 7.62. The number of aromatic nitrogens is 2. The van der Waals surface area contributed by atoms with Gasteiger partial charge in [-0.3, -0.25) is 4.79 Å². The molecule has 0 unspecified atom stereocenters. The topological polar surface area (TPSA) is 49.3 Å². The van der Waals surface area contributed by atoms with E-state index in [9.17, 15) is 4.79 Å². The maximum atomic E-state index is 12.3. The van der Waals surface area contributed by atoms with Gasteiger partial charge < -0.3 is 9.80 Å². The summed E-state index contributed by atoms with van der Waals surface area (Å²) in [6, 6.07) is 0. The lowest BCUT2D eigenvalue weighted by atomic mass is 9.97. The second-order valence-corrected chi connectivity index (χ2v) is 5.73. The lowest BCUT2D eigenvalue weighted by molar-refractivity contribution is -0.137. The minimum absolute atomic E-state index is 0.141. The fraction of sp³-hybridized carbons (Fsp3) is 0.667. The first-order valence-corrected chi connectivity index (χ1v) is 7.62. The third-order valence-electron chi connectivity index (χ3n) is 4.28. The Labute approximate surface area is 120 Å². The molecule has 2 aliphatic heterocycles. The largest absolute Gasteiger partial charge is 0.342 e. The third kappa shape index (κ3) is 2.62. The van der Waals surface area contributed by atoms with Crippen molar-refractivity contribution in [3.05, 3.63) is 18.0 Å². The van der Waals surface area contributed by atoms with Gasteiger partial charge in [-0.1, -0.05) is 6.92 Å². The lowest BCUT2D eigenvalue weighted by Crippen LogP contribution is -2.55. The van der Waals surface area contributed by atoms with Gasteiger partial charge in [-0.25, -0.2) is 9.97 Å². The van der Waals surface area contributed by atoms with Crippen molar-refractivity contribution in [2.75, 3.05) is 31.1 Å². The Bertz CT molecular complexity index is 461. The van der Waals surface area contributed by atoms with Gasteiger partial charge in [0, 0.05) is 38.6 Å². The molecule has 0 spiro atoms. The summed E-state index contributed by atoms with van der Waals surface area (Å²) in [6.07, 6.45) is 8.28. The average molecular weight is 274 g/mol. The van der Waals surface area contributed by atoms with E-state index in [1.54, 1.807) is 0 Å². The van der Waals surface area contributed by atoms with E-state index in [1.807, 2.05) is 17.3 Å². The average Bonchev–Trinajstić information content (AvgIpc) is 2.47. The Morgan fingerprint density at radius 2 is 1.85 bits per heavy atom. The third-order valence-corrected chi connectivity index (χ3v) is 4.28. The summed E-state index contributed by atoms with van der Waals surface area (Å²) >= 11 is 0. The predicted octanol–water partition coefficient (Wildman–Crippen LogP) is 1.49. The quantitative estimate of drug-likeness (QED) is 0.838. The van der Waals surface area contributed by atoms with Crippen LogP contribution in [-0.4, -0.2) is 47.0 Å². The summed E-state index contributed by atoms with van der Waals surface area (Å²) in [6.45, 7) is 5.50. The summed E-state index contributed by atoms with van der Waals surface area (Å²) in [5.41, 5.74) is 1.15. The number of likely N-dealkylation sites (tertiary alicyclic amines) is 1. The van der Waals surface area contributed by atoms with E-state index in [0.717, 1.165) is 57.0 Å². The van der Waals surface area contributed by atoms with Gasteiger partial charge in [-0.15, -0.1) is 0 Å². The van der Waals surface area contributed by atoms with Crippen LogP contribution in [0.25, 0.3) is 0 Å². The van der Waals surface area contributed by atoms with Crippen LogP contribution in [0.15, 0.2) is 12.4 Å². The van der Waals surface area contributed by atoms with Crippen molar-refractivity contribution in [2.24, 2.45) is 5.92 Å². The molecule has 1 aromatic rings. The highest BCUT2D eigenvalue weighted by molar-refractivity contribution is 5.81. The molecule has 1 aromatic heterocycles. The zero-order valence-corrected chi connectivity index (χ0v) is 12.1. The Morgan fingerprint density at radius 1 is 1.20 bits per heavy atom. The number of amides is 1. The van der Waals surface area contributed by atoms with Crippen LogP contribution in [0.2, 0.25) is 0 Å². The summed E-state index contributed by atoms with van der Waals surface area (Å²) in [5.74, 6) is 1.22. The van der Waals surface area contributed by atoms with Gasteiger partial charge in [0.05, 0.1) is 5.92 Å². The van der Waals surface area contributed by atoms with Crippen LogP contribution in [0.3, 0.4) is 0 Å². The van der Waals surface area contributed by atoms with E-state index in [2.05, 4.69) is 21.8 Å². The fourth-order valence-corrected chi connectivity index (χ4v) is 2.86. The van der Waals surface area contributed by atoms with E-state index in [0.29, 0.717) is 5.91 Å². The minimum atomic E-state index is 0.141. The molecule has 3 rings (SSSR count). The number of hydrogen-bond acceptors (Lipinski definition) is 4. The summed E-state index contributed by atoms with van der Waals surface area (Å²) in [7, 11) is 0. The van der Waals surface area contributed by atoms with Gasteiger partial charge >= 0.3 is 0 Å². The van der Waals surface area contributed by atoms with Crippen molar-refractivity contribution < 1.29 is 4.79 Å². The fourth-order valence-electron chi connectivity index (χ4n) is 2.86. The second kappa shape index (κ2) is 5.77. The zero-order valence-electron chi connectivity index (χ0n) is 12.1. The van der Waals surface area contributed by atoms with E-state index >= 15 is 0 Å². The molecule has 108 valence electrons. The maximum absolute atomic E-state index is 12.3. The van der Waals surface area contributed by atoms with Crippen LogP contribution in [0.4, 0.5) is 5.95 Å². The highest BCUT2D eigenvalue weighted by Crippen LogP contribution is 2.24. The van der Waals surface area contributed by atoms with Crippen molar-refractivity contribution in [1.29, 1.82) is 0 Å². The predicted molar refractivity (Wildman–Crippen MR) is 77.5 cm³/mol. The smallest absolute Gasteiger partial charge is 0.229 e. The monoisotopic (exact) mass is 274 g/mol. The number of carbonyl (C=O) groups is 1. The number of rotatable bonds is 3. The van der Waals surface area contributed by atoms with E-state index in [1.165, 1.54) is 6.42 Å². The first kappa shape index (κ1) is 13.3. The molecule has 5 heteroatoms. The molecule has 1 amide bonds. The number of nitrogens with zero attached hydrogens (tertiary/aromatic N) is 4. The number of piperidine rings is 1. The van der Waals surface area contributed by atoms with Crippen LogP contribution in [0.1, 0.15) is 31.7 Å². The van der Waals surface area contributed by atoms with Crippen molar-refractivity contribution in [2.45, 2.75) is 32.6 Å². The SMILES string of the molecule is CCc1cnc(N2CC(C(=O)N3CCCCC3)C2)nc1. The van der Waals surface area contributed by atoms with Gasteiger partial charge in [-0.05, 0) is 31.2 Å². The van der Waals surface area contributed by atoms with Crippen molar-refractivity contribution >= 4 is 11.9 Å². The molecule has 0 atom stereocenters. The van der Waals surface area contributed by atoms with Crippen LogP contribution in [0, 0.1) is 5.92 Å². The Morgan fingerprint density at radius 3 is 2.45 bits per heavy atom. The van der Waals surface area contributed by atoms with Crippen molar-refractivity contribution in [3.63, 3.8) is 0 Å². The number of hydrogen-bond donors (Lipinski definition) is 0. The number of aryl methyl sites for hydroxylation is 1. The van der Waals surface area contributed by atoms with Gasteiger partial charge in [0.1, 0.15) is 0 Å². The minimum Gasteiger partial charge on any atom is -0.342 e. The van der Waals surface area contributed by atoms with Gasteiger partial charge in [-0.2, -0.15) is 0 Å². The highest BCUT2D eigenvalue weighted by atomic mass is 16.2. The Hall–Kier alpha value is -1.65. The molecule has 2 aliphatic rings. The molecular formula is C15H22N4O. The zero-order chi connectivity index (χ0) is 13.9. The lowest BCUT2D eigenvalue weighted by Gasteiger charge is -2.41. The molecule has 5 nitrogen and oxygen atoms in total. The second-order valence-electron chi connectivity index (χ2n) is 5.73. The molecule has 0 radical (unpaired) electrons. The first-order chi connectivity index (χ1) is 9.78. The molecule has 0 N–H and O–H groups in total.